The van der Waals surface area contributed by atoms with Crippen LogP contribution in [-0.2, 0) is 21.4 Å². The summed E-state index contributed by atoms with van der Waals surface area (Å²) in [7, 11) is -3.60. The zero-order valence-electron chi connectivity index (χ0n) is 14.7. The van der Waals surface area contributed by atoms with Crippen LogP contribution >= 0.6 is 0 Å². The van der Waals surface area contributed by atoms with Gasteiger partial charge < -0.3 is 4.90 Å². The quantitative estimate of drug-likeness (QED) is 0.787. The van der Waals surface area contributed by atoms with Gasteiger partial charge in [0.05, 0.1) is 11.6 Å². The first kappa shape index (κ1) is 17.0. The van der Waals surface area contributed by atoms with E-state index < -0.39 is 15.4 Å². The molecule has 1 aromatic heterocycles. The van der Waals surface area contributed by atoms with E-state index in [4.69, 9.17) is 0 Å². The molecule has 0 aromatic carbocycles. The fourth-order valence-corrected chi connectivity index (χ4v) is 5.95. The zero-order valence-corrected chi connectivity index (χ0v) is 15.5. The van der Waals surface area contributed by atoms with Crippen molar-refractivity contribution in [3.8, 4) is 0 Å². The molecule has 4 rings (SSSR count). The van der Waals surface area contributed by atoms with E-state index in [1.54, 1.807) is 6.07 Å². The summed E-state index contributed by atoms with van der Waals surface area (Å²) in [5.41, 5.74) is -0.517. The number of hydrogen-bond donors (Lipinski definition) is 0. The van der Waals surface area contributed by atoms with Crippen molar-refractivity contribution in [1.29, 1.82) is 0 Å². The van der Waals surface area contributed by atoms with Gasteiger partial charge in [-0.25, -0.2) is 8.42 Å². The van der Waals surface area contributed by atoms with Gasteiger partial charge in [-0.1, -0.05) is 0 Å². The Morgan fingerprint density at radius 2 is 2.08 bits per heavy atom. The molecule has 8 heteroatoms. The third-order valence-corrected chi connectivity index (χ3v) is 7.77. The summed E-state index contributed by atoms with van der Waals surface area (Å²) in [5.74, 6) is 0.839. The maximum absolute atomic E-state index is 13.1. The van der Waals surface area contributed by atoms with Crippen LogP contribution in [0.25, 0.3) is 0 Å². The molecule has 1 unspecified atom stereocenters. The Morgan fingerprint density at radius 1 is 1.28 bits per heavy atom. The smallest absolute Gasteiger partial charge is 0.260 e. The first-order valence-corrected chi connectivity index (χ1v) is 10.7. The molecule has 3 fully saturated rings. The predicted molar refractivity (Wildman–Crippen MR) is 92.2 cm³/mol. The van der Waals surface area contributed by atoms with Gasteiger partial charge in [-0.2, -0.15) is 9.40 Å². The van der Waals surface area contributed by atoms with E-state index in [0.717, 1.165) is 25.9 Å². The summed E-state index contributed by atoms with van der Waals surface area (Å²) >= 11 is 0. The first-order chi connectivity index (χ1) is 12.0. The van der Waals surface area contributed by atoms with Crippen LogP contribution in [0.1, 0.15) is 39.0 Å². The van der Waals surface area contributed by atoms with Gasteiger partial charge in [0, 0.05) is 32.7 Å². The van der Waals surface area contributed by atoms with Crippen LogP contribution in [0.5, 0.6) is 0 Å². The lowest BCUT2D eigenvalue weighted by atomic mass is 9.78. The van der Waals surface area contributed by atoms with Crippen LogP contribution in [0, 0.1) is 11.3 Å². The van der Waals surface area contributed by atoms with Crippen molar-refractivity contribution in [3.05, 3.63) is 12.3 Å². The Bertz CT molecular complexity index is 771. The highest BCUT2D eigenvalue weighted by Crippen LogP contribution is 2.43. The Labute approximate surface area is 149 Å². The summed E-state index contributed by atoms with van der Waals surface area (Å²) in [6, 6.07) is 1.55. The lowest BCUT2D eigenvalue weighted by molar-refractivity contribution is -0.145. The molecule has 138 valence electrons. The molecule has 0 bridgehead atoms. The van der Waals surface area contributed by atoms with Gasteiger partial charge in [0.25, 0.3) is 10.0 Å². The highest BCUT2D eigenvalue weighted by atomic mass is 32.2. The molecule has 1 atom stereocenters. The highest BCUT2D eigenvalue weighted by Gasteiger charge is 2.51. The summed E-state index contributed by atoms with van der Waals surface area (Å²) in [4.78, 5) is 15.1. The van der Waals surface area contributed by atoms with Crippen molar-refractivity contribution in [3.63, 3.8) is 0 Å². The fraction of sp³-hybridized carbons (Fsp3) is 0.765. The Balaban J connectivity index is 1.54. The second-order valence-electron chi connectivity index (χ2n) is 7.65. The minimum atomic E-state index is -3.60. The van der Waals surface area contributed by atoms with Crippen molar-refractivity contribution in [1.82, 2.24) is 19.0 Å². The van der Waals surface area contributed by atoms with Crippen molar-refractivity contribution in [2.24, 2.45) is 11.3 Å². The number of sulfonamides is 1. The molecular formula is C17H26N4O3S. The van der Waals surface area contributed by atoms with Crippen LogP contribution < -0.4 is 0 Å². The molecule has 2 saturated heterocycles. The molecule has 7 nitrogen and oxygen atoms in total. The number of hydrogen-bond acceptors (Lipinski definition) is 4. The fourth-order valence-electron chi connectivity index (χ4n) is 4.27. The van der Waals surface area contributed by atoms with Gasteiger partial charge in [0.2, 0.25) is 5.91 Å². The molecule has 0 radical (unpaired) electrons. The molecule has 1 saturated carbocycles. The molecular weight excluding hydrogens is 340 g/mol. The second-order valence-corrected chi connectivity index (χ2v) is 9.54. The number of rotatable bonds is 5. The number of piperidine rings is 1. The standard InChI is InChI=1S/C17H26N4O3S/c1-2-21-15(6-9-18-21)25(23,24)20-11-8-17(13-20)7-3-10-19(16(17)22)12-14-4-5-14/h6,9,14H,2-5,7-8,10-13H2,1H3. The number of aromatic nitrogens is 2. The highest BCUT2D eigenvalue weighted by molar-refractivity contribution is 7.89. The van der Waals surface area contributed by atoms with Crippen molar-refractivity contribution >= 4 is 15.9 Å². The number of aryl methyl sites for hydroxylation is 1. The summed E-state index contributed by atoms with van der Waals surface area (Å²) < 4.78 is 29.0. The monoisotopic (exact) mass is 366 g/mol. The normalized spacial score (nSPS) is 28.2. The molecule has 0 N–H and O–H groups in total. The van der Waals surface area contributed by atoms with Gasteiger partial charge in [0.15, 0.2) is 5.03 Å². The van der Waals surface area contributed by atoms with Crippen LogP contribution in [-0.4, -0.2) is 59.5 Å². The minimum absolute atomic E-state index is 0.173. The van der Waals surface area contributed by atoms with E-state index in [1.807, 2.05) is 11.8 Å². The average molecular weight is 366 g/mol. The number of nitrogens with zero attached hydrogens (tertiary/aromatic N) is 4. The van der Waals surface area contributed by atoms with E-state index in [-0.39, 0.29) is 10.9 Å². The third-order valence-electron chi connectivity index (χ3n) is 5.90. The molecule has 3 heterocycles. The average Bonchev–Trinajstić information content (AvgIpc) is 3.11. The van der Waals surface area contributed by atoms with Gasteiger partial charge in [-0.15, -0.1) is 0 Å². The summed E-state index contributed by atoms with van der Waals surface area (Å²) in [5, 5.41) is 4.31. The SMILES string of the molecule is CCn1nccc1S(=O)(=O)N1CCC2(CCCN(CC3CC3)C2=O)C1. The van der Waals surface area contributed by atoms with Gasteiger partial charge in [-0.05, 0) is 51.0 Å². The van der Waals surface area contributed by atoms with Crippen LogP contribution in [0.3, 0.4) is 0 Å². The second kappa shape index (κ2) is 6.09. The number of likely N-dealkylation sites (tertiary alicyclic amines) is 1. The molecule has 25 heavy (non-hydrogen) atoms. The molecule has 1 spiro atoms. The van der Waals surface area contributed by atoms with Gasteiger partial charge in [0.1, 0.15) is 0 Å². The third kappa shape index (κ3) is 2.89. The Hall–Kier alpha value is -1.41. The summed E-state index contributed by atoms with van der Waals surface area (Å²) in [6.07, 6.45) is 6.36. The van der Waals surface area contributed by atoms with E-state index in [2.05, 4.69) is 5.10 Å². The minimum Gasteiger partial charge on any atom is -0.342 e. The number of amides is 1. The lowest BCUT2D eigenvalue weighted by Gasteiger charge is -2.39. The van der Waals surface area contributed by atoms with Crippen molar-refractivity contribution in [2.75, 3.05) is 26.2 Å². The molecule has 1 aromatic rings. The number of carbonyl (C=O) groups is 1. The van der Waals surface area contributed by atoms with E-state index in [9.17, 15) is 13.2 Å². The molecule has 2 aliphatic heterocycles. The molecule has 1 amide bonds. The van der Waals surface area contributed by atoms with Crippen LogP contribution in [0.15, 0.2) is 17.3 Å². The van der Waals surface area contributed by atoms with Gasteiger partial charge >= 0.3 is 0 Å². The maximum Gasteiger partial charge on any atom is 0.260 e. The van der Waals surface area contributed by atoms with Crippen molar-refractivity contribution < 1.29 is 13.2 Å². The largest absolute Gasteiger partial charge is 0.342 e. The van der Waals surface area contributed by atoms with Crippen molar-refractivity contribution in [2.45, 2.75) is 50.6 Å². The van der Waals surface area contributed by atoms with Crippen LogP contribution in [0.2, 0.25) is 0 Å². The van der Waals surface area contributed by atoms with Gasteiger partial charge in [-0.3, -0.25) is 9.48 Å². The summed E-state index contributed by atoms with van der Waals surface area (Å²) in [6.45, 7) is 4.79. The predicted octanol–water partition coefficient (Wildman–Crippen LogP) is 1.32. The van der Waals surface area contributed by atoms with E-state index >= 15 is 0 Å². The van der Waals surface area contributed by atoms with E-state index in [0.29, 0.717) is 32.0 Å². The topological polar surface area (TPSA) is 75.5 Å². The number of carbonyl (C=O) groups excluding carboxylic acids is 1. The van der Waals surface area contributed by atoms with Crippen LogP contribution in [0.4, 0.5) is 0 Å². The first-order valence-electron chi connectivity index (χ1n) is 9.28. The van der Waals surface area contributed by atoms with E-state index in [1.165, 1.54) is 28.0 Å². The zero-order chi connectivity index (χ0) is 17.7. The molecule has 1 aliphatic carbocycles. The maximum atomic E-state index is 13.1. The lowest BCUT2D eigenvalue weighted by Crippen LogP contribution is -2.51. The Kier molecular flexibility index (Phi) is 4.15. The molecule has 3 aliphatic rings. The Morgan fingerprint density at radius 3 is 2.80 bits per heavy atom.